The van der Waals surface area contributed by atoms with Gasteiger partial charge in [0.1, 0.15) is 0 Å². The lowest BCUT2D eigenvalue weighted by atomic mass is 10.1. The average Bonchev–Trinajstić information content (AvgIpc) is 2.32. The Hall–Kier alpha value is -1.38. The van der Waals surface area contributed by atoms with Gasteiger partial charge in [-0.05, 0) is 36.5 Å². The predicted molar refractivity (Wildman–Crippen MR) is 72.4 cm³/mol. The van der Waals surface area contributed by atoms with Crippen LogP contribution in [0.4, 0.5) is 11.4 Å². The predicted octanol–water partition coefficient (Wildman–Crippen LogP) is 2.63. The molecule has 3 N–H and O–H groups in total. The highest BCUT2D eigenvalue weighted by Crippen LogP contribution is 2.27. The fraction of sp³-hybridized carbons (Fsp3) is 0.571. The number of azo groups is 1. The highest BCUT2D eigenvalue weighted by atomic mass is 15.1. The molecule has 0 aliphatic carbocycles. The molecule has 0 atom stereocenters. The number of hydrogen-bond donors (Lipinski definition) is 2. The number of benzene rings is 1. The van der Waals surface area contributed by atoms with E-state index < -0.39 is 0 Å². The Bertz CT molecular complexity index is 383. The number of nitrogen functional groups attached to an aromatic ring is 1. The van der Waals surface area contributed by atoms with Gasteiger partial charge in [-0.25, -0.2) is 0 Å². The Kier molecular flexibility index (Phi) is 5.67. The van der Waals surface area contributed by atoms with Crippen molar-refractivity contribution in [3.05, 3.63) is 23.3 Å². The third-order valence-corrected chi connectivity index (χ3v) is 2.97. The summed E-state index contributed by atoms with van der Waals surface area (Å²) < 4.78 is 0. The van der Waals surface area contributed by atoms with E-state index in [4.69, 9.17) is 5.73 Å². The van der Waals surface area contributed by atoms with Crippen LogP contribution < -0.4 is 10.8 Å². The summed E-state index contributed by atoms with van der Waals surface area (Å²) in [5.41, 5.74) is 9.89. The third kappa shape index (κ3) is 4.17. The van der Waals surface area contributed by atoms with Crippen molar-refractivity contribution in [2.45, 2.75) is 46.5 Å². The van der Waals surface area contributed by atoms with Crippen LogP contribution in [0.5, 0.6) is 0 Å². The minimum atomic E-state index is 0.783. The van der Waals surface area contributed by atoms with Crippen LogP contribution in [0.2, 0.25) is 0 Å². The van der Waals surface area contributed by atoms with Crippen LogP contribution in [-0.2, 0) is 0 Å². The maximum atomic E-state index is 6.01. The van der Waals surface area contributed by atoms with Crippen molar-refractivity contribution < 1.29 is 5.11 Å². The summed E-state index contributed by atoms with van der Waals surface area (Å²) in [6, 6.07) is 4.09. The van der Waals surface area contributed by atoms with E-state index in [-0.39, 0.29) is 0 Å². The number of rotatable bonds is 6. The van der Waals surface area contributed by atoms with Crippen LogP contribution >= 0.6 is 0 Å². The molecule has 0 aliphatic rings. The van der Waals surface area contributed by atoms with Crippen molar-refractivity contribution in [1.29, 1.82) is 0 Å². The number of unbranched alkanes of at least 4 members (excludes halogenated alkanes) is 3. The first kappa shape index (κ1) is 13.7. The third-order valence-electron chi connectivity index (χ3n) is 2.97. The van der Waals surface area contributed by atoms with Gasteiger partial charge in [-0.2, -0.15) is 0 Å². The standard InChI is InChI=1S/C14H23N3/c1-4-5-6-7-10-16-17-14-12(3)9-8-11(2)13(14)15/h8-9H,4-7,10,15H2,1-3H3/p+1. The first-order valence-electron chi connectivity index (χ1n) is 6.46. The second kappa shape index (κ2) is 7.05. The van der Waals surface area contributed by atoms with Crippen LogP contribution in [0, 0.1) is 13.8 Å². The van der Waals surface area contributed by atoms with Crippen LogP contribution in [0.25, 0.3) is 0 Å². The van der Waals surface area contributed by atoms with Crippen LogP contribution in [-0.4, -0.2) is 6.54 Å². The summed E-state index contributed by atoms with van der Waals surface area (Å²) in [7, 11) is 0. The van der Waals surface area contributed by atoms with Gasteiger partial charge in [0.15, 0.2) is 12.2 Å². The Morgan fingerprint density at radius 2 is 1.82 bits per heavy atom. The first-order chi connectivity index (χ1) is 8.16. The van der Waals surface area contributed by atoms with Crippen molar-refractivity contribution in [1.82, 2.24) is 0 Å². The molecular weight excluding hydrogens is 210 g/mol. The van der Waals surface area contributed by atoms with Gasteiger partial charge in [0.25, 0.3) is 0 Å². The molecule has 0 saturated carbocycles. The Morgan fingerprint density at radius 3 is 2.53 bits per heavy atom. The lowest BCUT2D eigenvalue weighted by Crippen LogP contribution is -2.65. The molecule has 0 fully saturated rings. The molecule has 0 unspecified atom stereocenters. The monoisotopic (exact) mass is 234 g/mol. The number of anilines is 1. The summed E-state index contributed by atoms with van der Waals surface area (Å²) in [4.78, 5) is 0. The summed E-state index contributed by atoms with van der Waals surface area (Å²) >= 11 is 0. The minimum Gasteiger partial charge on any atom is -0.397 e. The van der Waals surface area contributed by atoms with Crippen LogP contribution in [0.15, 0.2) is 17.2 Å². The Morgan fingerprint density at radius 1 is 1.12 bits per heavy atom. The molecule has 1 aromatic carbocycles. The second-order valence-electron chi connectivity index (χ2n) is 4.54. The molecule has 1 aromatic rings. The first-order valence-corrected chi connectivity index (χ1v) is 6.46. The lowest BCUT2D eigenvalue weighted by Gasteiger charge is -2.03. The fourth-order valence-electron chi connectivity index (χ4n) is 1.73. The van der Waals surface area contributed by atoms with Crippen molar-refractivity contribution in [2.24, 2.45) is 5.11 Å². The Labute approximate surface area is 104 Å². The molecular formula is C14H24N3+. The fourth-order valence-corrected chi connectivity index (χ4v) is 1.73. The lowest BCUT2D eigenvalue weighted by molar-refractivity contribution is -0.528. The van der Waals surface area contributed by atoms with E-state index in [0.29, 0.717) is 0 Å². The summed E-state index contributed by atoms with van der Waals surface area (Å²) in [6.45, 7) is 7.18. The van der Waals surface area contributed by atoms with Gasteiger partial charge in [0.05, 0.1) is 5.69 Å². The zero-order chi connectivity index (χ0) is 12.7. The van der Waals surface area contributed by atoms with Gasteiger partial charge in [-0.15, -0.1) is 5.11 Å². The van der Waals surface area contributed by atoms with Crippen LogP contribution in [0.3, 0.4) is 0 Å². The number of nitrogens with two attached hydrogens (primary N) is 1. The molecule has 0 radical (unpaired) electrons. The average molecular weight is 234 g/mol. The van der Waals surface area contributed by atoms with Gasteiger partial charge in [-0.1, -0.05) is 31.9 Å². The molecule has 3 nitrogen and oxygen atoms in total. The maximum Gasteiger partial charge on any atom is 0.166 e. The second-order valence-corrected chi connectivity index (χ2v) is 4.54. The largest absolute Gasteiger partial charge is 0.397 e. The van der Waals surface area contributed by atoms with Crippen molar-refractivity contribution in [3.8, 4) is 0 Å². The van der Waals surface area contributed by atoms with E-state index in [1.807, 2.05) is 19.9 Å². The summed E-state index contributed by atoms with van der Waals surface area (Å²) in [6.07, 6.45) is 5.00. The molecule has 0 bridgehead atoms. The molecule has 3 heteroatoms. The molecule has 1 rings (SSSR count). The van der Waals surface area contributed by atoms with E-state index >= 15 is 0 Å². The number of nitrogens with one attached hydrogen (secondary N) is 1. The van der Waals surface area contributed by atoms with Gasteiger partial charge in [0, 0.05) is 6.42 Å². The van der Waals surface area contributed by atoms with E-state index in [1.165, 1.54) is 25.7 Å². The van der Waals surface area contributed by atoms with Gasteiger partial charge < -0.3 is 5.73 Å². The molecule has 0 amide bonds. The molecule has 94 valence electrons. The maximum absolute atomic E-state index is 6.01. The quantitative estimate of drug-likeness (QED) is 0.444. The summed E-state index contributed by atoms with van der Waals surface area (Å²) in [5.74, 6) is 0. The SMILES string of the molecule is CCCCCC[NH+]=Nc1c(C)ccc(C)c1N. The highest BCUT2D eigenvalue weighted by Gasteiger charge is 2.06. The van der Waals surface area contributed by atoms with Crippen molar-refractivity contribution >= 4 is 11.4 Å². The molecule has 0 spiro atoms. The van der Waals surface area contributed by atoms with E-state index in [2.05, 4.69) is 23.2 Å². The topological polar surface area (TPSA) is 52.3 Å². The minimum absolute atomic E-state index is 0.783. The zero-order valence-corrected chi connectivity index (χ0v) is 11.2. The number of aryl methyl sites for hydroxylation is 2. The van der Waals surface area contributed by atoms with Gasteiger partial charge in [-0.3, -0.25) is 0 Å². The van der Waals surface area contributed by atoms with Gasteiger partial charge in [0.2, 0.25) is 0 Å². The van der Waals surface area contributed by atoms with Gasteiger partial charge >= 0.3 is 0 Å². The Balaban J connectivity index is 2.56. The highest BCUT2D eigenvalue weighted by molar-refractivity contribution is 5.69. The normalized spacial score (nSPS) is 11.2. The number of nitrogens with zero attached hydrogens (tertiary/aromatic N) is 1. The van der Waals surface area contributed by atoms with E-state index in [0.717, 1.165) is 29.0 Å². The van der Waals surface area contributed by atoms with E-state index in [9.17, 15) is 0 Å². The van der Waals surface area contributed by atoms with Crippen LogP contribution in [0.1, 0.15) is 43.7 Å². The molecule has 0 saturated heterocycles. The smallest absolute Gasteiger partial charge is 0.166 e. The molecule has 0 aliphatic heterocycles. The molecule has 17 heavy (non-hydrogen) atoms. The van der Waals surface area contributed by atoms with Crippen molar-refractivity contribution in [3.63, 3.8) is 0 Å². The molecule has 0 aromatic heterocycles. The number of hydrogen-bond acceptors (Lipinski definition) is 2. The molecule has 0 heterocycles. The zero-order valence-electron chi connectivity index (χ0n) is 11.2. The summed E-state index contributed by atoms with van der Waals surface area (Å²) in [5, 5.41) is 7.50. The van der Waals surface area contributed by atoms with E-state index in [1.54, 1.807) is 0 Å². The van der Waals surface area contributed by atoms with Crippen molar-refractivity contribution in [2.75, 3.05) is 12.3 Å².